The van der Waals surface area contributed by atoms with Crippen LogP contribution in [0.4, 0.5) is 0 Å². The predicted octanol–water partition coefficient (Wildman–Crippen LogP) is 12.9. The first-order valence-electron chi connectivity index (χ1n) is 15.9. The fourth-order valence-corrected chi connectivity index (χ4v) is 8.32. The highest BCUT2D eigenvalue weighted by Crippen LogP contribution is 2.43. The number of benzene rings is 7. The van der Waals surface area contributed by atoms with Gasteiger partial charge in [-0.25, -0.2) is 0 Å². The Hall–Kier alpha value is -5.90. The van der Waals surface area contributed by atoms with Crippen molar-refractivity contribution < 1.29 is 4.42 Å². The summed E-state index contributed by atoms with van der Waals surface area (Å²) in [5.74, 6) is 0. The first-order chi connectivity index (χ1) is 23.3. The molecule has 220 valence electrons. The van der Waals surface area contributed by atoms with Crippen molar-refractivity contribution in [1.82, 2.24) is 4.57 Å². The van der Waals surface area contributed by atoms with Gasteiger partial charge in [0.15, 0.2) is 0 Å². The quantitative estimate of drug-likeness (QED) is 0.192. The number of para-hydroxylation sites is 2. The first kappa shape index (κ1) is 26.3. The van der Waals surface area contributed by atoms with Crippen LogP contribution in [0.25, 0.3) is 92.2 Å². The highest BCUT2D eigenvalue weighted by Gasteiger charge is 2.18. The lowest BCUT2D eigenvalue weighted by atomic mass is 9.98. The Balaban J connectivity index is 1.03. The van der Waals surface area contributed by atoms with E-state index in [1.165, 1.54) is 59.1 Å². The van der Waals surface area contributed by atoms with Crippen LogP contribution in [0, 0.1) is 0 Å². The van der Waals surface area contributed by atoms with Crippen molar-refractivity contribution in [1.29, 1.82) is 0 Å². The predicted molar refractivity (Wildman–Crippen MR) is 200 cm³/mol. The second-order valence-corrected chi connectivity index (χ2v) is 13.2. The number of rotatable bonds is 4. The Kier molecular flexibility index (Phi) is 5.78. The lowest BCUT2D eigenvalue weighted by Crippen LogP contribution is -1.92. The van der Waals surface area contributed by atoms with Gasteiger partial charge in [-0.3, -0.25) is 0 Å². The number of hydrogen-bond donors (Lipinski definition) is 0. The molecule has 0 fully saturated rings. The molecular weight excluding hydrogens is 591 g/mol. The minimum absolute atomic E-state index is 0.910. The van der Waals surface area contributed by atoms with Crippen molar-refractivity contribution in [3.8, 4) is 39.1 Å². The molecular formula is C44H27NOS. The zero-order valence-electron chi connectivity index (χ0n) is 25.4. The molecule has 0 spiro atoms. The Morgan fingerprint density at radius 2 is 0.936 bits per heavy atom. The maximum absolute atomic E-state index is 6.40. The van der Waals surface area contributed by atoms with Crippen molar-refractivity contribution in [2.45, 2.75) is 0 Å². The SMILES string of the molecule is c1ccc(-c2ccc3c(c2)oc2cc(-c4ccc(-c5ccc6sc7c8ccccc8n(-c8ccccc8)c7c6c5)cc4)ccc23)cc1. The van der Waals surface area contributed by atoms with Gasteiger partial charge in [0.05, 0.1) is 15.7 Å². The van der Waals surface area contributed by atoms with Crippen molar-refractivity contribution in [3.05, 3.63) is 164 Å². The van der Waals surface area contributed by atoms with Gasteiger partial charge in [0, 0.05) is 31.9 Å². The molecule has 0 bridgehead atoms. The van der Waals surface area contributed by atoms with Gasteiger partial charge in [-0.15, -0.1) is 11.3 Å². The monoisotopic (exact) mass is 617 g/mol. The van der Waals surface area contributed by atoms with Crippen LogP contribution in [0.3, 0.4) is 0 Å². The van der Waals surface area contributed by atoms with Crippen LogP contribution >= 0.6 is 11.3 Å². The molecule has 0 unspecified atom stereocenters. The molecule has 0 aliphatic heterocycles. The molecule has 0 aliphatic carbocycles. The van der Waals surface area contributed by atoms with E-state index in [4.69, 9.17) is 4.42 Å². The highest BCUT2D eigenvalue weighted by atomic mass is 32.1. The van der Waals surface area contributed by atoms with Crippen LogP contribution in [-0.2, 0) is 0 Å². The van der Waals surface area contributed by atoms with E-state index in [0.29, 0.717) is 0 Å². The number of nitrogens with zero attached hydrogens (tertiary/aromatic N) is 1. The minimum atomic E-state index is 0.910. The summed E-state index contributed by atoms with van der Waals surface area (Å²) in [5.41, 5.74) is 12.6. The van der Waals surface area contributed by atoms with Crippen LogP contribution in [0.2, 0.25) is 0 Å². The second-order valence-electron chi connectivity index (χ2n) is 12.1. The third-order valence-corrected chi connectivity index (χ3v) is 10.6. The van der Waals surface area contributed by atoms with Gasteiger partial charge in [-0.2, -0.15) is 0 Å². The van der Waals surface area contributed by atoms with Crippen molar-refractivity contribution in [2.24, 2.45) is 0 Å². The van der Waals surface area contributed by atoms with E-state index in [9.17, 15) is 0 Å². The molecule has 3 heteroatoms. The summed E-state index contributed by atoms with van der Waals surface area (Å²) in [6.45, 7) is 0. The molecule has 47 heavy (non-hydrogen) atoms. The van der Waals surface area contributed by atoms with Crippen molar-refractivity contribution in [2.75, 3.05) is 0 Å². The van der Waals surface area contributed by atoms with Crippen LogP contribution in [0.5, 0.6) is 0 Å². The molecule has 0 N–H and O–H groups in total. The summed E-state index contributed by atoms with van der Waals surface area (Å²) in [7, 11) is 0. The fourth-order valence-electron chi connectivity index (χ4n) is 7.12. The lowest BCUT2D eigenvalue weighted by molar-refractivity contribution is 0.669. The average molecular weight is 618 g/mol. The summed E-state index contributed by atoms with van der Waals surface area (Å²) < 4.78 is 11.5. The van der Waals surface area contributed by atoms with Crippen LogP contribution < -0.4 is 0 Å². The van der Waals surface area contributed by atoms with Gasteiger partial charge in [0.1, 0.15) is 11.2 Å². The molecule has 0 saturated heterocycles. The summed E-state index contributed by atoms with van der Waals surface area (Å²) in [4.78, 5) is 0. The zero-order valence-corrected chi connectivity index (χ0v) is 26.2. The van der Waals surface area contributed by atoms with Gasteiger partial charge in [-0.1, -0.05) is 109 Å². The normalized spacial score (nSPS) is 11.8. The molecule has 3 heterocycles. The molecule has 0 aliphatic rings. The lowest BCUT2D eigenvalue weighted by Gasteiger charge is -2.09. The molecule has 2 nitrogen and oxygen atoms in total. The highest BCUT2D eigenvalue weighted by molar-refractivity contribution is 7.26. The Morgan fingerprint density at radius 1 is 0.404 bits per heavy atom. The van der Waals surface area contributed by atoms with Gasteiger partial charge >= 0.3 is 0 Å². The zero-order chi connectivity index (χ0) is 30.9. The van der Waals surface area contributed by atoms with Crippen LogP contribution in [0.15, 0.2) is 168 Å². The maximum Gasteiger partial charge on any atom is 0.136 e. The topological polar surface area (TPSA) is 18.1 Å². The smallest absolute Gasteiger partial charge is 0.136 e. The van der Waals surface area contributed by atoms with E-state index < -0.39 is 0 Å². The van der Waals surface area contributed by atoms with E-state index in [-0.39, 0.29) is 0 Å². The largest absolute Gasteiger partial charge is 0.456 e. The minimum Gasteiger partial charge on any atom is -0.456 e. The standard InChI is InChI=1S/C44H27NOS/c1-3-9-28(10-4-1)32-19-22-35-36-23-20-33(27-41(36)46-40(35)26-32)30-17-15-29(16-18-30)31-21-24-42-38(25-31)43-44(47-42)37-13-7-8-14-39(37)45(43)34-11-5-2-6-12-34/h1-27H. The van der Waals surface area contributed by atoms with E-state index in [1.54, 1.807) is 0 Å². The number of thiophene rings is 1. The molecule has 10 aromatic rings. The van der Waals surface area contributed by atoms with E-state index in [0.717, 1.165) is 33.1 Å². The molecule has 7 aromatic carbocycles. The van der Waals surface area contributed by atoms with E-state index >= 15 is 0 Å². The first-order valence-corrected chi connectivity index (χ1v) is 16.7. The molecule has 0 atom stereocenters. The summed E-state index contributed by atoms with van der Waals surface area (Å²) in [5, 5.41) is 4.88. The van der Waals surface area contributed by atoms with Gasteiger partial charge in [-0.05, 0) is 88.0 Å². The summed E-state index contributed by atoms with van der Waals surface area (Å²) in [6, 6.07) is 58.8. The number of aromatic nitrogens is 1. The summed E-state index contributed by atoms with van der Waals surface area (Å²) in [6.07, 6.45) is 0. The van der Waals surface area contributed by atoms with Gasteiger partial charge in [0.25, 0.3) is 0 Å². The van der Waals surface area contributed by atoms with Gasteiger partial charge in [0.2, 0.25) is 0 Å². The fraction of sp³-hybridized carbons (Fsp3) is 0. The maximum atomic E-state index is 6.40. The Bertz CT molecular complexity index is 2770. The van der Waals surface area contributed by atoms with Crippen LogP contribution in [0.1, 0.15) is 0 Å². The Morgan fingerprint density at radius 3 is 1.62 bits per heavy atom. The van der Waals surface area contributed by atoms with E-state index in [2.05, 4.69) is 162 Å². The third kappa shape index (κ3) is 4.17. The van der Waals surface area contributed by atoms with Crippen molar-refractivity contribution >= 4 is 64.5 Å². The molecule has 0 amide bonds. The summed E-state index contributed by atoms with van der Waals surface area (Å²) >= 11 is 1.88. The Labute approximate surface area is 275 Å². The molecule has 10 rings (SSSR count). The average Bonchev–Trinajstić information content (AvgIpc) is 3.80. The number of fused-ring (bicyclic) bond motifs is 8. The van der Waals surface area contributed by atoms with Crippen LogP contribution in [-0.4, -0.2) is 4.57 Å². The molecule has 3 aromatic heterocycles. The van der Waals surface area contributed by atoms with E-state index in [1.807, 2.05) is 17.4 Å². The number of furan rings is 1. The van der Waals surface area contributed by atoms with Gasteiger partial charge < -0.3 is 8.98 Å². The number of hydrogen-bond acceptors (Lipinski definition) is 2. The third-order valence-electron chi connectivity index (χ3n) is 9.42. The molecule has 0 saturated carbocycles. The molecule has 0 radical (unpaired) electrons. The van der Waals surface area contributed by atoms with Crippen molar-refractivity contribution in [3.63, 3.8) is 0 Å². The second kappa shape index (κ2) is 10.3.